The molecule has 0 rings (SSSR count). The Balaban J connectivity index is 3.50. The van der Waals surface area contributed by atoms with Gasteiger partial charge in [0.05, 0.1) is 0 Å². The van der Waals surface area contributed by atoms with Crippen molar-refractivity contribution in [2.45, 2.75) is 6.92 Å². The van der Waals surface area contributed by atoms with Crippen LogP contribution in [0, 0.1) is 10.1 Å². The predicted octanol–water partition coefficient (Wildman–Crippen LogP) is 0.229. The van der Waals surface area contributed by atoms with Gasteiger partial charge < -0.3 is 0 Å². The van der Waals surface area contributed by atoms with Gasteiger partial charge in [-0.2, -0.15) is 0 Å². The Morgan fingerprint density at radius 1 is 1.70 bits per heavy atom. The smallest absolute Gasteiger partial charge is 0.256 e. The van der Waals surface area contributed by atoms with Crippen molar-refractivity contribution in [3.63, 3.8) is 0 Å². The van der Waals surface area contributed by atoms with E-state index >= 15 is 0 Å². The minimum absolute atomic E-state index is 0.917. The Bertz CT molecular complexity index is 163. The highest BCUT2D eigenvalue weighted by Crippen LogP contribution is 1.82. The van der Waals surface area contributed by atoms with E-state index in [2.05, 4.69) is 9.88 Å². The lowest BCUT2D eigenvalue weighted by molar-refractivity contribution is -0.839. The molecular formula is C4H5NO5. The van der Waals surface area contributed by atoms with Gasteiger partial charge in [0, 0.05) is 6.08 Å². The molecule has 0 spiro atoms. The second kappa shape index (κ2) is 4.30. The summed E-state index contributed by atoms with van der Waals surface area (Å²) in [6, 6.07) is 0. The number of nitrogens with zero attached hydrogens (tertiary/aromatic N) is 1. The molecule has 0 aromatic heterocycles. The molecule has 10 heavy (non-hydrogen) atoms. The zero-order valence-corrected chi connectivity index (χ0v) is 5.14. The molecule has 0 saturated carbocycles. The average molecular weight is 147 g/mol. The Hall–Kier alpha value is -1.59. The molecule has 0 atom stereocenters. The van der Waals surface area contributed by atoms with Gasteiger partial charge in [-0.1, -0.05) is 11.1 Å². The molecule has 56 valence electrons. The zero-order chi connectivity index (χ0) is 7.98. The fraction of sp³-hybridized carbons (Fsp3) is 0.250. The van der Waals surface area contributed by atoms with E-state index in [4.69, 9.17) is 0 Å². The van der Waals surface area contributed by atoms with Crippen molar-refractivity contribution >= 4 is 5.97 Å². The number of hydrogen-bond acceptors (Lipinski definition) is 5. The first kappa shape index (κ1) is 8.41. The van der Waals surface area contributed by atoms with Crippen molar-refractivity contribution < 1.29 is 19.8 Å². The number of carbonyl (C=O) groups excluding carboxylic acids is 1. The first-order valence-corrected chi connectivity index (χ1v) is 2.32. The molecule has 0 bridgehead atoms. The van der Waals surface area contributed by atoms with E-state index in [1.807, 2.05) is 0 Å². The molecule has 0 aromatic rings. The lowest BCUT2D eigenvalue weighted by atomic mass is 10.5. The summed E-state index contributed by atoms with van der Waals surface area (Å²) < 4.78 is 0. The average Bonchev–Trinajstić information content (AvgIpc) is 1.85. The molecule has 0 aliphatic heterocycles. The van der Waals surface area contributed by atoms with Gasteiger partial charge in [0.1, 0.15) is 0 Å². The Kier molecular flexibility index (Phi) is 3.62. The molecule has 0 aromatic carbocycles. The second-order valence-electron chi connectivity index (χ2n) is 1.20. The third kappa shape index (κ3) is 4.57. The van der Waals surface area contributed by atoms with Gasteiger partial charge in [-0.05, 0) is 6.92 Å². The van der Waals surface area contributed by atoms with Gasteiger partial charge in [-0.25, -0.2) is 4.79 Å². The summed E-state index contributed by atoms with van der Waals surface area (Å²) in [5.41, 5.74) is 0. The van der Waals surface area contributed by atoms with E-state index in [9.17, 15) is 14.9 Å². The summed E-state index contributed by atoms with van der Waals surface area (Å²) in [5, 5.41) is 8.17. The summed E-state index contributed by atoms with van der Waals surface area (Å²) in [7, 11) is 0. The minimum atomic E-state index is -1.22. The molecule has 0 aliphatic carbocycles. The van der Waals surface area contributed by atoms with E-state index in [1.165, 1.54) is 6.08 Å². The predicted molar refractivity (Wildman–Crippen MR) is 29.0 cm³/mol. The normalized spacial score (nSPS) is 9.30. The molecule has 0 fully saturated rings. The third-order valence-electron chi connectivity index (χ3n) is 0.483. The maximum Gasteiger partial charge on any atom is 0.366 e. The summed E-state index contributed by atoms with van der Waals surface area (Å²) >= 11 is 0. The van der Waals surface area contributed by atoms with Crippen LogP contribution in [-0.2, 0) is 14.7 Å². The second-order valence-corrected chi connectivity index (χ2v) is 1.20. The van der Waals surface area contributed by atoms with Crippen molar-refractivity contribution in [1.29, 1.82) is 0 Å². The zero-order valence-electron chi connectivity index (χ0n) is 5.14. The molecule has 0 N–H and O–H groups in total. The minimum Gasteiger partial charge on any atom is -0.256 e. The van der Waals surface area contributed by atoms with E-state index < -0.39 is 11.1 Å². The highest BCUT2D eigenvalue weighted by molar-refractivity contribution is 5.81. The van der Waals surface area contributed by atoms with Gasteiger partial charge in [-0.3, -0.25) is 4.89 Å². The number of rotatable bonds is 3. The monoisotopic (exact) mass is 147 g/mol. The van der Waals surface area contributed by atoms with Crippen molar-refractivity contribution in [2.75, 3.05) is 0 Å². The Labute approximate surface area is 56.1 Å². The molecular weight excluding hydrogens is 142 g/mol. The number of allylic oxidation sites excluding steroid dienone is 1. The lowest BCUT2D eigenvalue weighted by Crippen LogP contribution is -2.06. The van der Waals surface area contributed by atoms with Crippen molar-refractivity contribution in [3.05, 3.63) is 22.3 Å². The van der Waals surface area contributed by atoms with Crippen LogP contribution in [0.2, 0.25) is 0 Å². The Morgan fingerprint density at radius 2 is 2.30 bits per heavy atom. The molecule has 0 aliphatic rings. The first-order chi connectivity index (χ1) is 4.66. The van der Waals surface area contributed by atoms with Gasteiger partial charge >= 0.3 is 11.1 Å². The van der Waals surface area contributed by atoms with E-state index in [1.54, 1.807) is 6.92 Å². The van der Waals surface area contributed by atoms with Crippen LogP contribution in [0.3, 0.4) is 0 Å². The highest BCUT2D eigenvalue weighted by atomic mass is 17.3. The van der Waals surface area contributed by atoms with Gasteiger partial charge in [-0.15, -0.1) is 10.1 Å². The highest BCUT2D eigenvalue weighted by Gasteiger charge is 1.99. The van der Waals surface area contributed by atoms with E-state index in [0.29, 0.717) is 0 Å². The van der Waals surface area contributed by atoms with Gasteiger partial charge in [0.15, 0.2) is 0 Å². The summed E-state index contributed by atoms with van der Waals surface area (Å²) in [6.07, 6.45) is 2.36. The van der Waals surface area contributed by atoms with Crippen LogP contribution in [0.1, 0.15) is 6.92 Å². The SMILES string of the molecule is C/C=C/C(=O)OO[N+](=O)[O-]. The fourth-order valence-corrected chi connectivity index (χ4v) is 0.231. The Morgan fingerprint density at radius 3 is 2.70 bits per heavy atom. The largest absolute Gasteiger partial charge is 0.366 e. The summed E-state index contributed by atoms with van der Waals surface area (Å²) in [4.78, 5) is 26.5. The van der Waals surface area contributed by atoms with Gasteiger partial charge in [0.25, 0.3) is 0 Å². The van der Waals surface area contributed by atoms with Crippen LogP contribution in [0.25, 0.3) is 0 Å². The van der Waals surface area contributed by atoms with E-state index in [-0.39, 0.29) is 0 Å². The van der Waals surface area contributed by atoms with Crippen molar-refractivity contribution in [1.82, 2.24) is 0 Å². The maximum absolute atomic E-state index is 10.2. The molecule has 6 nitrogen and oxygen atoms in total. The molecule has 0 amide bonds. The van der Waals surface area contributed by atoms with Crippen LogP contribution in [0.15, 0.2) is 12.2 Å². The fourth-order valence-electron chi connectivity index (χ4n) is 0.231. The standard InChI is InChI=1S/C4H5NO5/c1-2-3-4(6)9-10-5(7)8/h2-3H,1H3/b3-2+. The third-order valence-corrected chi connectivity index (χ3v) is 0.483. The van der Waals surface area contributed by atoms with Crippen molar-refractivity contribution in [2.24, 2.45) is 0 Å². The topological polar surface area (TPSA) is 78.7 Å². The van der Waals surface area contributed by atoms with Crippen LogP contribution in [-0.4, -0.2) is 11.1 Å². The van der Waals surface area contributed by atoms with Crippen LogP contribution in [0.4, 0.5) is 0 Å². The van der Waals surface area contributed by atoms with Crippen LogP contribution < -0.4 is 0 Å². The van der Waals surface area contributed by atoms with Crippen LogP contribution in [0.5, 0.6) is 0 Å². The van der Waals surface area contributed by atoms with E-state index in [0.717, 1.165) is 6.08 Å². The van der Waals surface area contributed by atoms with Crippen LogP contribution >= 0.6 is 0 Å². The lowest BCUT2D eigenvalue weighted by Gasteiger charge is -1.91. The first-order valence-electron chi connectivity index (χ1n) is 2.32. The number of carbonyl (C=O) groups is 1. The maximum atomic E-state index is 10.2. The summed E-state index contributed by atoms with van der Waals surface area (Å²) in [5.74, 6) is -0.917. The molecule has 0 saturated heterocycles. The number of hydrogen-bond donors (Lipinski definition) is 0. The molecule has 0 unspecified atom stereocenters. The quantitative estimate of drug-likeness (QED) is 0.247. The van der Waals surface area contributed by atoms with Crippen molar-refractivity contribution in [3.8, 4) is 0 Å². The summed E-state index contributed by atoms with van der Waals surface area (Å²) in [6.45, 7) is 1.56. The molecule has 0 radical (unpaired) electrons. The molecule has 6 heteroatoms. The molecule has 0 heterocycles. The van der Waals surface area contributed by atoms with Gasteiger partial charge in [0.2, 0.25) is 0 Å².